The van der Waals surface area contributed by atoms with Crippen LogP contribution >= 0.6 is 0 Å². The summed E-state index contributed by atoms with van der Waals surface area (Å²) in [5.74, 6) is 1.58. The number of aliphatic hydroxyl groups is 2. The molecule has 1 spiro atoms. The molecule has 0 radical (unpaired) electrons. The second kappa shape index (κ2) is 13.8. The van der Waals surface area contributed by atoms with Gasteiger partial charge in [0.05, 0.1) is 35.7 Å². The Hall–Kier alpha value is -2.68. The standard InChI is InChI=1S/C40H59N5O8/c1-20-13-32-35(22(3)40(53-32)12-10-28-29-8-7-25-14-27(48)9-11-39(25,6)31(29)15-30(28)21(40)2)44(16-20)17-26-18-45(43-42-26)38-34(41)37(51-24(5)47)36(49)33(52-38)19-50-23(4)46/h7,18,20,22,27-29,31-38,48-49H,8-17,19,41H2,1-6H3/t20-,22+,27-,28-,29-,31-,32+,33?,34?,35-,36+,37?,38+,39-,40-/m0/s1. The van der Waals surface area contributed by atoms with E-state index in [1.165, 1.54) is 36.1 Å². The monoisotopic (exact) mass is 737 g/mol. The van der Waals surface area contributed by atoms with Crippen molar-refractivity contribution in [3.05, 3.63) is 34.7 Å². The second-order valence-corrected chi connectivity index (χ2v) is 17.8. The summed E-state index contributed by atoms with van der Waals surface area (Å²) in [6, 6.07) is -0.720. The van der Waals surface area contributed by atoms with Crippen molar-refractivity contribution < 1.29 is 38.7 Å². The van der Waals surface area contributed by atoms with Crippen molar-refractivity contribution in [3.8, 4) is 0 Å². The van der Waals surface area contributed by atoms with Crippen LogP contribution in [0.3, 0.4) is 0 Å². The van der Waals surface area contributed by atoms with Crippen LogP contribution in [-0.4, -0.2) is 103 Å². The quantitative estimate of drug-likeness (QED) is 0.287. The minimum atomic E-state index is -1.30. The van der Waals surface area contributed by atoms with Crippen LogP contribution in [0.4, 0.5) is 0 Å². The maximum atomic E-state index is 11.9. The first-order valence-electron chi connectivity index (χ1n) is 20.0. The average molecular weight is 738 g/mol. The third-order valence-corrected chi connectivity index (χ3v) is 14.8. The summed E-state index contributed by atoms with van der Waals surface area (Å²) < 4.78 is 25.6. The van der Waals surface area contributed by atoms with Crippen LogP contribution in [0.15, 0.2) is 29.0 Å². The van der Waals surface area contributed by atoms with Crippen LogP contribution in [0.2, 0.25) is 0 Å². The van der Waals surface area contributed by atoms with Crippen LogP contribution < -0.4 is 5.73 Å². The van der Waals surface area contributed by atoms with Gasteiger partial charge in [0.1, 0.15) is 24.9 Å². The van der Waals surface area contributed by atoms with Crippen molar-refractivity contribution >= 4 is 11.9 Å². The number of ether oxygens (including phenoxy) is 4. The van der Waals surface area contributed by atoms with Gasteiger partial charge in [0.2, 0.25) is 0 Å². The average Bonchev–Trinajstić information content (AvgIpc) is 3.80. The van der Waals surface area contributed by atoms with Crippen molar-refractivity contribution in [2.45, 2.75) is 154 Å². The zero-order valence-corrected chi connectivity index (χ0v) is 32.1. The van der Waals surface area contributed by atoms with E-state index in [0.29, 0.717) is 36.1 Å². The van der Waals surface area contributed by atoms with Gasteiger partial charge >= 0.3 is 11.9 Å². The Labute approximate surface area is 312 Å². The number of likely N-dealkylation sites (tertiary alicyclic amines) is 1. The van der Waals surface area contributed by atoms with Crippen molar-refractivity contribution in [2.75, 3.05) is 13.2 Å². The van der Waals surface area contributed by atoms with Crippen molar-refractivity contribution in [1.29, 1.82) is 0 Å². The normalized spacial score (nSPS) is 45.2. The molecule has 3 unspecified atom stereocenters. The summed E-state index contributed by atoms with van der Waals surface area (Å²) in [5.41, 5.74) is 11.8. The molecule has 2 saturated carbocycles. The lowest BCUT2D eigenvalue weighted by Gasteiger charge is -2.49. The fourth-order valence-corrected chi connectivity index (χ4v) is 12.2. The van der Waals surface area contributed by atoms with E-state index in [1.807, 2.05) is 6.20 Å². The number of piperidine rings is 1. The van der Waals surface area contributed by atoms with Gasteiger partial charge < -0.3 is 34.9 Å². The molecule has 5 fully saturated rings. The Kier molecular flexibility index (Phi) is 9.71. The summed E-state index contributed by atoms with van der Waals surface area (Å²) in [7, 11) is 0. The fourth-order valence-electron chi connectivity index (χ4n) is 12.2. The highest BCUT2D eigenvalue weighted by molar-refractivity contribution is 5.66. The molecular formula is C40H59N5O8. The molecule has 4 heterocycles. The molecule has 13 nitrogen and oxygen atoms in total. The molecule has 0 bridgehead atoms. The van der Waals surface area contributed by atoms with Gasteiger partial charge in [-0.05, 0) is 93.0 Å². The van der Waals surface area contributed by atoms with Gasteiger partial charge in [-0.3, -0.25) is 14.5 Å². The summed E-state index contributed by atoms with van der Waals surface area (Å²) in [4.78, 5) is 26.0. The van der Waals surface area contributed by atoms with E-state index in [9.17, 15) is 19.8 Å². The first kappa shape index (κ1) is 37.3. The summed E-state index contributed by atoms with van der Waals surface area (Å²) in [5, 5.41) is 30.4. The number of carbonyl (C=O) groups excluding carboxylic acids is 2. The van der Waals surface area contributed by atoms with E-state index in [0.717, 1.165) is 57.2 Å². The van der Waals surface area contributed by atoms with Crippen LogP contribution in [0.1, 0.15) is 105 Å². The van der Waals surface area contributed by atoms with Gasteiger partial charge in [-0.2, -0.15) is 0 Å². The Morgan fingerprint density at radius 3 is 2.68 bits per heavy atom. The zero-order valence-electron chi connectivity index (χ0n) is 32.1. The summed E-state index contributed by atoms with van der Waals surface area (Å²) >= 11 is 0. The molecule has 292 valence electrons. The maximum Gasteiger partial charge on any atom is 0.303 e. The Morgan fingerprint density at radius 1 is 1.13 bits per heavy atom. The first-order valence-corrected chi connectivity index (χ1v) is 20.0. The molecule has 4 N–H and O–H groups in total. The highest BCUT2D eigenvalue weighted by Crippen LogP contribution is 2.65. The number of hydrogen-bond acceptors (Lipinski definition) is 12. The fraction of sp³-hybridized carbons (Fsp3) is 0.800. The first-order chi connectivity index (χ1) is 25.2. The summed E-state index contributed by atoms with van der Waals surface area (Å²) in [6.45, 7) is 13.4. The van der Waals surface area contributed by atoms with Gasteiger partial charge in [-0.1, -0.05) is 43.2 Å². The smallest absolute Gasteiger partial charge is 0.303 e. The molecular weight excluding hydrogens is 678 g/mol. The molecule has 1 aromatic heterocycles. The van der Waals surface area contributed by atoms with E-state index in [2.05, 4.69) is 49.0 Å². The minimum absolute atomic E-state index is 0.119. The number of rotatable bonds is 6. The zero-order chi connectivity index (χ0) is 37.6. The molecule has 0 amide bonds. The van der Waals surface area contributed by atoms with Crippen LogP contribution in [0.25, 0.3) is 0 Å². The van der Waals surface area contributed by atoms with E-state index in [4.69, 9.17) is 24.7 Å². The van der Waals surface area contributed by atoms with Gasteiger partial charge in [0, 0.05) is 38.9 Å². The number of aliphatic hydroxyl groups excluding tert-OH is 2. The van der Waals surface area contributed by atoms with Crippen LogP contribution in [0.5, 0.6) is 0 Å². The lowest BCUT2D eigenvalue weighted by molar-refractivity contribution is -0.226. The number of allylic oxidation sites excluding steroid dienone is 2. The highest BCUT2D eigenvalue weighted by atomic mass is 16.6. The van der Waals surface area contributed by atoms with E-state index in [1.54, 1.807) is 5.57 Å². The molecule has 3 aliphatic heterocycles. The number of fused-ring (bicyclic) bond motifs is 6. The van der Waals surface area contributed by atoms with Crippen molar-refractivity contribution in [3.63, 3.8) is 0 Å². The Morgan fingerprint density at radius 2 is 1.92 bits per heavy atom. The van der Waals surface area contributed by atoms with E-state index < -0.39 is 42.5 Å². The van der Waals surface area contributed by atoms with Crippen molar-refractivity contribution in [1.82, 2.24) is 19.9 Å². The van der Waals surface area contributed by atoms with Gasteiger partial charge in [-0.25, -0.2) is 4.68 Å². The maximum absolute atomic E-state index is 11.9. The molecule has 8 rings (SSSR count). The third kappa shape index (κ3) is 6.21. The molecule has 53 heavy (non-hydrogen) atoms. The number of esters is 2. The Balaban J connectivity index is 1.02. The number of nitrogens with two attached hydrogens (primary N) is 1. The molecule has 3 saturated heterocycles. The van der Waals surface area contributed by atoms with Crippen LogP contribution in [0, 0.1) is 35.0 Å². The topological polar surface area (TPSA) is 171 Å². The number of hydrogen-bond donors (Lipinski definition) is 3. The lowest BCUT2D eigenvalue weighted by Crippen LogP contribution is -2.61. The lowest BCUT2D eigenvalue weighted by atomic mass is 9.56. The number of aromatic nitrogens is 3. The highest BCUT2D eigenvalue weighted by Gasteiger charge is 2.62. The molecule has 7 aliphatic rings. The third-order valence-electron chi connectivity index (χ3n) is 14.8. The van der Waals surface area contributed by atoms with Gasteiger partial charge in [0.15, 0.2) is 6.23 Å². The molecule has 15 atom stereocenters. The van der Waals surface area contributed by atoms with E-state index >= 15 is 0 Å². The second-order valence-electron chi connectivity index (χ2n) is 17.8. The minimum Gasteiger partial charge on any atom is -0.463 e. The number of nitrogens with zero attached hydrogens (tertiary/aromatic N) is 4. The molecule has 4 aliphatic carbocycles. The molecule has 0 aromatic carbocycles. The number of carbonyl (C=O) groups is 2. The van der Waals surface area contributed by atoms with E-state index in [-0.39, 0.29) is 35.9 Å². The predicted molar refractivity (Wildman–Crippen MR) is 193 cm³/mol. The van der Waals surface area contributed by atoms with Gasteiger partial charge in [0.25, 0.3) is 0 Å². The Bertz CT molecular complexity index is 1660. The predicted octanol–water partition coefficient (Wildman–Crippen LogP) is 3.59. The van der Waals surface area contributed by atoms with Crippen molar-refractivity contribution in [2.24, 2.45) is 40.7 Å². The molecule has 13 heteroatoms. The largest absolute Gasteiger partial charge is 0.463 e. The summed E-state index contributed by atoms with van der Waals surface area (Å²) in [6.07, 6.45) is 8.33. The SMILES string of the molecule is CC(=O)OCC1O[C@@H](n2cc(CN3C[C@@H](C)C[C@H]4O[C@]5(CC[C@@H]6C(=C5C)C[C@H]5[C@H]6CC=C6C[C@@H](O)CC[C@@]65C)[C@H](C)[C@@H]43)nn2)C(N)C(OC(C)=O)[C@@H]1O. The van der Waals surface area contributed by atoms with Gasteiger partial charge in [-0.15, -0.1) is 5.10 Å². The molecule has 1 aromatic rings. The van der Waals surface area contributed by atoms with Crippen LogP contribution in [-0.2, 0) is 35.1 Å².